The minimum atomic E-state index is -0.891. The lowest BCUT2D eigenvalue weighted by Gasteiger charge is -1.97. The third-order valence-corrected chi connectivity index (χ3v) is 6.66. The van der Waals surface area contributed by atoms with Crippen molar-refractivity contribution in [1.82, 2.24) is 0 Å². The van der Waals surface area contributed by atoms with Gasteiger partial charge in [0.1, 0.15) is 11.9 Å². The van der Waals surface area contributed by atoms with Crippen molar-refractivity contribution in [3.05, 3.63) is 157 Å². The highest BCUT2D eigenvalue weighted by molar-refractivity contribution is 5.82. The summed E-state index contributed by atoms with van der Waals surface area (Å²) in [5.74, 6) is -1.70. The number of allylic oxidation sites excluding steroid dienone is 10. The van der Waals surface area contributed by atoms with Gasteiger partial charge in [0.2, 0.25) is 0 Å². The van der Waals surface area contributed by atoms with Gasteiger partial charge in [-0.05, 0) is 113 Å². The van der Waals surface area contributed by atoms with Gasteiger partial charge in [-0.1, -0.05) is 122 Å². The van der Waals surface area contributed by atoms with Crippen LogP contribution in [0.2, 0.25) is 0 Å². The smallest absolute Gasteiger partial charge is 0.330 e. The van der Waals surface area contributed by atoms with E-state index in [1.54, 1.807) is 77.7 Å². The van der Waals surface area contributed by atoms with Crippen LogP contribution in [-0.2, 0) is 38.2 Å². The van der Waals surface area contributed by atoms with Crippen molar-refractivity contribution >= 4 is 41.1 Å². The average Bonchev–Trinajstić information content (AvgIpc) is 3.92. The van der Waals surface area contributed by atoms with E-state index in [2.05, 4.69) is 35.5 Å². The lowest BCUT2D eigenvalue weighted by Crippen LogP contribution is -2.01. The van der Waals surface area contributed by atoms with Crippen LogP contribution in [0.25, 0.3) is 11.0 Å². The second kappa shape index (κ2) is 54.7. The molecule has 62 heavy (non-hydrogen) atoms. The quantitative estimate of drug-likeness (QED) is 0.0551. The number of methoxy groups -OCH3 is 1. The molecular formula is C52H76O10. The first-order valence-electron chi connectivity index (χ1n) is 20.7. The summed E-state index contributed by atoms with van der Waals surface area (Å²) in [6, 6.07) is 20.0. The Morgan fingerprint density at radius 2 is 1.18 bits per heavy atom. The number of carboxylic acid groups (broad SMARTS) is 1. The molecule has 0 fully saturated rings. The number of rotatable bonds is 9. The van der Waals surface area contributed by atoms with Crippen molar-refractivity contribution in [2.45, 2.75) is 108 Å². The second-order valence-corrected chi connectivity index (χ2v) is 12.0. The number of unbranched alkanes of at least 4 members (excludes halogenated alkanes) is 1. The molecular weight excluding hydrogens is 785 g/mol. The Balaban J connectivity index is -0.000000199. The zero-order valence-corrected chi connectivity index (χ0v) is 39.5. The number of carbonyl (C=O) groups excluding carboxylic acids is 4. The number of fused-ring (bicyclic) bond motifs is 1. The predicted octanol–water partition coefficient (Wildman–Crippen LogP) is 13.3. The zero-order chi connectivity index (χ0) is 48.1. The molecule has 0 saturated carbocycles. The molecule has 0 saturated heterocycles. The van der Waals surface area contributed by atoms with E-state index in [1.165, 1.54) is 67.7 Å². The number of para-hydroxylation sites is 1. The number of ether oxygens (including phenoxy) is 3. The molecule has 1 aliphatic rings. The van der Waals surface area contributed by atoms with Crippen LogP contribution in [-0.4, -0.2) is 55.6 Å². The fourth-order valence-corrected chi connectivity index (χ4v) is 3.58. The van der Waals surface area contributed by atoms with Crippen molar-refractivity contribution in [2.24, 2.45) is 0 Å². The van der Waals surface area contributed by atoms with Crippen molar-refractivity contribution in [3.63, 3.8) is 0 Å². The fourth-order valence-electron chi connectivity index (χ4n) is 3.58. The standard InChI is InChI=1S/C9H8O.C8H14O2.C6H10O2.C6H10.C6H6.C5H8O2.C4H6O2.C4H6O.C4H8/c1-7-6-10-9-5-3-2-4-8(7)9;1-3-5-7-10-8(9)6-4-2;1-3-5-6(7)8-4-2;1-6-4-2-3-5-6;1-2-4-6-5-3-1;1-3-4-5(6)7-2;1-2-3-4(5)6;1-2-3-4-5;1-3-4-2/h2-6H,1H3;4,6H,3,5,7H2,1-2H3;3,5H,4H2,1-2H3;4H,2-3,5H2,1H3;1-6H;3-4H,1-2H3;2-3H,1H3,(H,5,6);2-4H,1H3;3-4H,1-2H3/b;6-4+;5-3+;;;4-3+;2*3-2+;4-3+. The zero-order valence-electron chi connectivity index (χ0n) is 39.5. The Morgan fingerprint density at radius 3 is 1.47 bits per heavy atom. The summed E-state index contributed by atoms with van der Waals surface area (Å²) in [6.07, 6.45) is 29.8. The normalized spacial score (nSPS) is 10.7. The van der Waals surface area contributed by atoms with Crippen LogP contribution >= 0.6 is 0 Å². The summed E-state index contributed by atoms with van der Waals surface area (Å²) in [5.41, 5.74) is 3.76. The molecule has 0 radical (unpaired) electrons. The highest BCUT2D eigenvalue weighted by Crippen LogP contribution is 2.18. The number of aldehydes is 1. The van der Waals surface area contributed by atoms with Gasteiger partial charge in [0, 0.05) is 29.7 Å². The molecule has 0 atom stereocenters. The first-order valence-corrected chi connectivity index (χ1v) is 20.7. The van der Waals surface area contributed by atoms with Crippen LogP contribution in [0.5, 0.6) is 0 Å². The molecule has 1 N–H and O–H groups in total. The summed E-state index contributed by atoms with van der Waals surface area (Å²) in [6.45, 7) is 21.9. The molecule has 1 aliphatic carbocycles. The van der Waals surface area contributed by atoms with Gasteiger partial charge in [0.15, 0.2) is 0 Å². The molecule has 10 nitrogen and oxygen atoms in total. The minimum absolute atomic E-state index is 0.240. The molecule has 2 aromatic carbocycles. The van der Waals surface area contributed by atoms with Gasteiger partial charge < -0.3 is 23.7 Å². The number of aliphatic carboxylic acids is 1. The summed E-state index contributed by atoms with van der Waals surface area (Å²) in [4.78, 5) is 49.9. The molecule has 0 aliphatic heterocycles. The van der Waals surface area contributed by atoms with Gasteiger partial charge in [-0.3, -0.25) is 4.79 Å². The Labute approximate surface area is 373 Å². The monoisotopic (exact) mass is 861 g/mol. The van der Waals surface area contributed by atoms with E-state index in [0.717, 1.165) is 30.8 Å². The fraction of sp³-hybridized carbons (Fsp3) is 0.365. The summed E-state index contributed by atoms with van der Waals surface area (Å²) in [7, 11) is 1.35. The maximum atomic E-state index is 10.6. The van der Waals surface area contributed by atoms with Gasteiger partial charge in [-0.25, -0.2) is 19.2 Å². The number of carboxylic acids is 1. The molecule has 4 rings (SSSR count). The Bertz CT molecular complexity index is 1670. The van der Waals surface area contributed by atoms with Crippen LogP contribution in [0.1, 0.15) is 107 Å². The van der Waals surface area contributed by atoms with E-state index in [9.17, 15) is 24.0 Å². The van der Waals surface area contributed by atoms with Gasteiger partial charge in [0.05, 0.1) is 26.6 Å². The highest BCUT2D eigenvalue weighted by atomic mass is 16.5. The molecule has 1 aromatic heterocycles. The lowest BCUT2D eigenvalue weighted by atomic mass is 10.2. The summed E-state index contributed by atoms with van der Waals surface area (Å²) < 4.78 is 18.9. The number of carbonyl (C=O) groups is 5. The number of aryl methyl sites for hydroxylation is 1. The van der Waals surface area contributed by atoms with Crippen molar-refractivity contribution in [1.29, 1.82) is 0 Å². The predicted molar refractivity (Wildman–Crippen MR) is 258 cm³/mol. The van der Waals surface area contributed by atoms with Gasteiger partial charge in [-0.2, -0.15) is 0 Å². The third kappa shape index (κ3) is 55.8. The SMILES string of the molecule is C/C=C/C.C/C=C/C(=O)O.C/C=C/C(=O)OC.C/C=C/C(=O)OCC.C/C=C/C(=O)OCCCC.C/C=C/C=O.CC1=CCCC1.Cc1coc2ccccc12.c1ccccc1. The lowest BCUT2D eigenvalue weighted by molar-refractivity contribution is -0.138. The molecule has 1 heterocycles. The highest BCUT2D eigenvalue weighted by Gasteiger charge is 1.97. The molecule has 0 unspecified atom stereocenters. The molecule has 0 amide bonds. The van der Waals surface area contributed by atoms with Crippen molar-refractivity contribution in [2.75, 3.05) is 20.3 Å². The van der Waals surface area contributed by atoms with Crippen LogP contribution in [0.4, 0.5) is 0 Å². The Kier molecular flexibility index (Phi) is 57.2. The largest absolute Gasteiger partial charge is 0.478 e. The Hall–Kier alpha value is -6.29. The van der Waals surface area contributed by atoms with E-state index in [0.29, 0.717) is 13.2 Å². The molecule has 344 valence electrons. The number of furan rings is 1. The van der Waals surface area contributed by atoms with Crippen molar-refractivity contribution < 1.29 is 47.7 Å². The van der Waals surface area contributed by atoms with Gasteiger partial charge in [-0.15, -0.1) is 0 Å². The maximum absolute atomic E-state index is 10.6. The number of hydrogen-bond acceptors (Lipinski definition) is 9. The average molecular weight is 861 g/mol. The molecule has 3 aromatic rings. The van der Waals surface area contributed by atoms with E-state index < -0.39 is 5.97 Å². The van der Waals surface area contributed by atoms with Gasteiger partial charge >= 0.3 is 23.9 Å². The Morgan fingerprint density at radius 1 is 0.677 bits per heavy atom. The molecule has 0 bridgehead atoms. The topological polar surface area (TPSA) is 146 Å². The van der Waals surface area contributed by atoms with Crippen LogP contribution < -0.4 is 0 Å². The van der Waals surface area contributed by atoms with Crippen molar-refractivity contribution in [3.8, 4) is 0 Å². The van der Waals surface area contributed by atoms with Crippen LogP contribution in [0.15, 0.2) is 156 Å². The second-order valence-electron chi connectivity index (χ2n) is 12.0. The first-order chi connectivity index (χ1) is 29.8. The molecule has 0 spiro atoms. The summed E-state index contributed by atoms with van der Waals surface area (Å²) >= 11 is 0. The third-order valence-electron chi connectivity index (χ3n) is 6.66. The van der Waals surface area contributed by atoms with E-state index >= 15 is 0 Å². The molecule has 10 heteroatoms. The maximum Gasteiger partial charge on any atom is 0.330 e. The van der Waals surface area contributed by atoms with Gasteiger partial charge in [0.25, 0.3) is 0 Å². The van der Waals surface area contributed by atoms with E-state index in [-0.39, 0.29) is 17.9 Å². The summed E-state index contributed by atoms with van der Waals surface area (Å²) in [5, 5.41) is 9.04. The van der Waals surface area contributed by atoms with E-state index in [1.807, 2.05) is 87.5 Å². The minimum Gasteiger partial charge on any atom is -0.478 e. The van der Waals surface area contributed by atoms with E-state index in [4.69, 9.17) is 14.3 Å². The first kappa shape index (κ1) is 64.8. The van der Waals surface area contributed by atoms with Crippen LogP contribution in [0.3, 0.4) is 0 Å². The number of esters is 3. The number of benzene rings is 2. The van der Waals surface area contributed by atoms with Crippen LogP contribution in [0, 0.1) is 6.92 Å². The number of hydrogen-bond donors (Lipinski definition) is 1.